The van der Waals surface area contributed by atoms with Crippen LogP contribution in [0.5, 0.6) is 17.2 Å². The maximum absolute atomic E-state index is 10.1. The molecule has 2 aromatic heterocycles. The van der Waals surface area contributed by atoms with E-state index in [4.69, 9.17) is 4.74 Å². The molecule has 4 N–H and O–H groups in total. The molecule has 1 aromatic carbocycles. The SMILES string of the molecule is COCCNc1c(-c2ccc(O)c(O)c2O)nc2cnccn12. The van der Waals surface area contributed by atoms with E-state index in [0.717, 1.165) is 0 Å². The predicted octanol–water partition coefficient (Wildman–Crippen LogP) is 1.57. The number of aromatic hydroxyl groups is 3. The summed E-state index contributed by atoms with van der Waals surface area (Å²) in [6, 6.07) is 2.78. The van der Waals surface area contributed by atoms with Crippen molar-refractivity contribution < 1.29 is 20.1 Å². The summed E-state index contributed by atoms with van der Waals surface area (Å²) in [4.78, 5) is 8.46. The number of aromatic nitrogens is 3. The van der Waals surface area contributed by atoms with Gasteiger partial charge >= 0.3 is 0 Å². The van der Waals surface area contributed by atoms with Crippen molar-refractivity contribution in [2.45, 2.75) is 0 Å². The second-order valence-electron chi connectivity index (χ2n) is 4.86. The summed E-state index contributed by atoms with van der Waals surface area (Å²) in [6.45, 7) is 1.02. The zero-order valence-corrected chi connectivity index (χ0v) is 12.4. The number of benzene rings is 1. The summed E-state index contributed by atoms with van der Waals surface area (Å²) < 4.78 is 6.81. The predicted molar refractivity (Wildman–Crippen MR) is 83.8 cm³/mol. The number of anilines is 1. The lowest BCUT2D eigenvalue weighted by Gasteiger charge is -2.10. The van der Waals surface area contributed by atoms with E-state index >= 15 is 0 Å². The first-order valence-corrected chi connectivity index (χ1v) is 6.92. The van der Waals surface area contributed by atoms with Gasteiger partial charge in [-0.1, -0.05) is 0 Å². The molecular weight excluding hydrogens is 300 g/mol. The molecule has 8 heteroatoms. The number of hydrogen-bond donors (Lipinski definition) is 4. The first-order chi connectivity index (χ1) is 11.1. The zero-order chi connectivity index (χ0) is 16.4. The minimum absolute atomic E-state index is 0.295. The second kappa shape index (κ2) is 6.01. The van der Waals surface area contributed by atoms with Crippen LogP contribution < -0.4 is 5.32 Å². The van der Waals surface area contributed by atoms with Crippen LogP contribution in [0.25, 0.3) is 16.9 Å². The molecule has 0 aliphatic carbocycles. The lowest BCUT2D eigenvalue weighted by Crippen LogP contribution is -2.10. The highest BCUT2D eigenvalue weighted by molar-refractivity contribution is 5.82. The molecule has 0 saturated carbocycles. The fourth-order valence-electron chi connectivity index (χ4n) is 2.30. The van der Waals surface area contributed by atoms with Crippen molar-refractivity contribution >= 4 is 11.5 Å². The number of phenolic OH excluding ortho intramolecular Hbond substituents is 3. The normalized spacial score (nSPS) is 11.0. The number of rotatable bonds is 5. The number of methoxy groups -OCH3 is 1. The van der Waals surface area contributed by atoms with E-state index in [0.29, 0.717) is 35.9 Å². The molecule has 8 nitrogen and oxygen atoms in total. The van der Waals surface area contributed by atoms with Crippen LogP contribution in [0, 0.1) is 0 Å². The maximum Gasteiger partial charge on any atom is 0.200 e. The Kier molecular flexibility index (Phi) is 3.90. The van der Waals surface area contributed by atoms with Gasteiger partial charge in [0, 0.05) is 31.6 Å². The molecule has 0 radical (unpaired) electrons. The van der Waals surface area contributed by atoms with Gasteiger partial charge in [-0.15, -0.1) is 0 Å². The van der Waals surface area contributed by atoms with Crippen LogP contribution in [0.4, 0.5) is 5.82 Å². The smallest absolute Gasteiger partial charge is 0.200 e. The summed E-state index contributed by atoms with van der Waals surface area (Å²) >= 11 is 0. The first-order valence-electron chi connectivity index (χ1n) is 6.92. The van der Waals surface area contributed by atoms with Gasteiger partial charge in [0.25, 0.3) is 0 Å². The maximum atomic E-state index is 10.1. The number of imidazole rings is 1. The van der Waals surface area contributed by atoms with Gasteiger partial charge in [-0.25, -0.2) is 4.98 Å². The van der Waals surface area contributed by atoms with Crippen molar-refractivity contribution in [3.05, 3.63) is 30.7 Å². The van der Waals surface area contributed by atoms with Crippen LogP contribution in [-0.4, -0.2) is 49.9 Å². The minimum atomic E-state index is -0.583. The molecule has 0 aliphatic rings. The highest BCUT2D eigenvalue weighted by atomic mass is 16.5. The molecule has 0 bridgehead atoms. The Morgan fingerprint density at radius 1 is 1.22 bits per heavy atom. The minimum Gasteiger partial charge on any atom is -0.504 e. The summed E-state index contributed by atoms with van der Waals surface area (Å²) in [5, 5.41) is 32.5. The van der Waals surface area contributed by atoms with E-state index in [1.165, 1.54) is 12.1 Å². The standard InChI is InChI=1S/C15H16N4O4/c1-23-7-5-17-15-12(18-11-8-16-4-6-19(11)15)9-2-3-10(20)14(22)13(9)21/h2-4,6,8,17,20-22H,5,7H2,1H3. The van der Waals surface area contributed by atoms with Gasteiger partial charge in [-0.2, -0.15) is 0 Å². The molecule has 3 aromatic rings. The summed E-state index contributed by atoms with van der Waals surface area (Å²) in [6.07, 6.45) is 4.94. The largest absolute Gasteiger partial charge is 0.504 e. The summed E-state index contributed by atoms with van der Waals surface area (Å²) in [5.41, 5.74) is 1.31. The van der Waals surface area contributed by atoms with Crippen LogP contribution in [0.1, 0.15) is 0 Å². The Balaban J connectivity index is 2.16. The lowest BCUT2D eigenvalue weighted by molar-refractivity contribution is 0.210. The van der Waals surface area contributed by atoms with Crippen LogP contribution >= 0.6 is 0 Å². The molecule has 0 fully saturated rings. The van der Waals surface area contributed by atoms with E-state index in [2.05, 4.69) is 15.3 Å². The van der Waals surface area contributed by atoms with E-state index in [9.17, 15) is 15.3 Å². The third-order valence-corrected chi connectivity index (χ3v) is 3.41. The Hall–Kier alpha value is -3.00. The lowest BCUT2D eigenvalue weighted by atomic mass is 10.1. The van der Waals surface area contributed by atoms with E-state index in [-0.39, 0.29) is 0 Å². The molecule has 120 valence electrons. The summed E-state index contributed by atoms with van der Waals surface area (Å²) in [5.74, 6) is -0.790. The molecule has 0 amide bonds. The third kappa shape index (κ3) is 2.59. The summed E-state index contributed by atoms with van der Waals surface area (Å²) in [7, 11) is 1.60. The molecule has 0 aliphatic heterocycles. The molecule has 0 spiro atoms. The number of phenols is 3. The van der Waals surface area contributed by atoms with Gasteiger partial charge in [0.05, 0.1) is 12.8 Å². The third-order valence-electron chi connectivity index (χ3n) is 3.41. The van der Waals surface area contributed by atoms with Gasteiger partial charge in [0.2, 0.25) is 5.75 Å². The van der Waals surface area contributed by atoms with Crippen molar-refractivity contribution in [1.82, 2.24) is 14.4 Å². The van der Waals surface area contributed by atoms with Crippen molar-refractivity contribution in [3.63, 3.8) is 0 Å². The number of nitrogens with zero attached hydrogens (tertiary/aromatic N) is 3. The van der Waals surface area contributed by atoms with Gasteiger partial charge in [-0.3, -0.25) is 9.38 Å². The highest BCUT2D eigenvalue weighted by Crippen LogP contribution is 2.43. The first kappa shape index (κ1) is 14.9. The Morgan fingerprint density at radius 3 is 2.83 bits per heavy atom. The van der Waals surface area contributed by atoms with Gasteiger partial charge in [0.15, 0.2) is 17.1 Å². The van der Waals surface area contributed by atoms with E-state index in [1.54, 1.807) is 30.1 Å². The quantitative estimate of drug-likeness (QED) is 0.417. The van der Waals surface area contributed by atoms with Crippen LogP contribution in [-0.2, 0) is 4.74 Å². The second-order valence-corrected chi connectivity index (χ2v) is 4.86. The van der Waals surface area contributed by atoms with E-state index < -0.39 is 17.2 Å². The van der Waals surface area contributed by atoms with Gasteiger partial charge < -0.3 is 25.4 Å². The molecule has 3 rings (SSSR count). The monoisotopic (exact) mass is 316 g/mol. The van der Waals surface area contributed by atoms with Gasteiger partial charge in [0.1, 0.15) is 11.5 Å². The van der Waals surface area contributed by atoms with E-state index in [1.807, 2.05) is 0 Å². The fourth-order valence-corrected chi connectivity index (χ4v) is 2.30. The average Bonchev–Trinajstić information content (AvgIpc) is 2.92. The topological polar surface area (TPSA) is 112 Å². The molecular formula is C15H16N4O4. The Labute approximate surface area is 131 Å². The number of nitrogens with one attached hydrogen (secondary N) is 1. The van der Waals surface area contributed by atoms with Crippen LogP contribution in [0.2, 0.25) is 0 Å². The fraction of sp³-hybridized carbons (Fsp3) is 0.200. The number of ether oxygens (including phenoxy) is 1. The van der Waals surface area contributed by atoms with Crippen molar-refractivity contribution in [2.75, 3.05) is 25.6 Å². The van der Waals surface area contributed by atoms with Crippen molar-refractivity contribution in [1.29, 1.82) is 0 Å². The molecule has 0 saturated heterocycles. The number of fused-ring (bicyclic) bond motifs is 1. The Bertz CT molecular complexity index is 847. The van der Waals surface area contributed by atoms with Crippen LogP contribution in [0.15, 0.2) is 30.7 Å². The van der Waals surface area contributed by atoms with Gasteiger partial charge in [-0.05, 0) is 12.1 Å². The molecule has 0 unspecified atom stereocenters. The number of hydrogen-bond acceptors (Lipinski definition) is 7. The molecule has 23 heavy (non-hydrogen) atoms. The van der Waals surface area contributed by atoms with Crippen molar-refractivity contribution in [3.8, 4) is 28.5 Å². The van der Waals surface area contributed by atoms with Crippen LogP contribution in [0.3, 0.4) is 0 Å². The zero-order valence-electron chi connectivity index (χ0n) is 12.4. The molecule has 2 heterocycles. The average molecular weight is 316 g/mol. The Morgan fingerprint density at radius 2 is 2.04 bits per heavy atom. The van der Waals surface area contributed by atoms with Crippen molar-refractivity contribution in [2.24, 2.45) is 0 Å². The molecule has 0 atom stereocenters. The highest BCUT2D eigenvalue weighted by Gasteiger charge is 2.20.